The number of pyridine rings is 1. The molecule has 0 spiro atoms. The first-order chi connectivity index (χ1) is 11.6. The van der Waals surface area contributed by atoms with Crippen molar-refractivity contribution < 1.29 is 14.4 Å². The quantitative estimate of drug-likeness (QED) is 0.903. The molecular formula is C16H19N5O3. The van der Waals surface area contributed by atoms with E-state index in [1.807, 2.05) is 7.05 Å². The molecule has 2 aromatic rings. The smallest absolute Gasteiger partial charge is 0.255 e. The zero-order valence-corrected chi connectivity index (χ0v) is 13.4. The molecule has 0 bridgehead atoms. The van der Waals surface area contributed by atoms with Gasteiger partial charge in [0.05, 0.1) is 11.8 Å². The van der Waals surface area contributed by atoms with E-state index in [0.717, 1.165) is 18.7 Å². The van der Waals surface area contributed by atoms with Crippen LogP contribution in [-0.2, 0) is 0 Å². The first-order valence-corrected chi connectivity index (χ1v) is 8.09. The van der Waals surface area contributed by atoms with Gasteiger partial charge in [-0.3, -0.25) is 14.7 Å². The second-order valence-electron chi connectivity index (χ2n) is 6.44. The van der Waals surface area contributed by atoms with E-state index in [1.54, 1.807) is 4.90 Å². The average molecular weight is 329 g/mol. The van der Waals surface area contributed by atoms with Gasteiger partial charge < -0.3 is 14.5 Å². The number of piperazine rings is 1. The van der Waals surface area contributed by atoms with Crippen molar-refractivity contribution in [1.29, 1.82) is 0 Å². The highest BCUT2D eigenvalue weighted by molar-refractivity contribution is 5.94. The molecule has 126 valence electrons. The zero-order valence-electron chi connectivity index (χ0n) is 13.4. The lowest BCUT2D eigenvalue weighted by Crippen LogP contribution is -2.49. The van der Waals surface area contributed by atoms with E-state index in [4.69, 9.17) is 4.52 Å². The van der Waals surface area contributed by atoms with Crippen LogP contribution in [0.3, 0.4) is 0 Å². The van der Waals surface area contributed by atoms with Gasteiger partial charge in [0.15, 0.2) is 5.82 Å². The highest BCUT2D eigenvalue weighted by Crippen LogP contribution is 2.38. The van der Waals surface area contributed by atoms with Gasteiger partial charge in [-0.1, -0.05) is 5.16 Å². The number of hydrogen-bond donors (Lipinski definition) is 1. The summed E-state index contributed by atoms with van der Waals surface area (Å²) in [4.78, 5) is 24.9. The summed E-state index contributed by atoms with van der Waals surface area (Å²) in [5.41, 5.74) is 0.377. The number of carbonyl (C=O) groups excluding carboxylic acids is 1. The molecule has 1 amide bonds. The van der Waals surface area contributed by atoms with Crippen LogP contribution >= 0.6 is 0 Å². The van der Waals surface area contributed by atoms with Crippen molar-refractivity contribution in [2.75, 3.05) is 26.7 Å². The number of hydrogen-bond acceptors (Lipinski definition) is 7. The van der Waals surface area contributed by atoms with Crippen molar-refractivity contribution in [2.24, 2.45) is 0 Å². The van der Waals surface area contributed by atoms with Crippen molar-refractivity contribution in [3.63, 3.8) is 0 Å². The minimum Gasteiger partial charge on any atom is -0.506 e. The molecule has 1 atom stereocenters. The lowest BCUT2D eigenvalue weighted by molar-refractivity contribution is 0.0488. The first kappa shape index (κ1) is 15.1. The third kappa shape index (κ3) is 2.84. The van der Waals surface area contributed by atoms with Gasteiger partial charge in [0, 0.05) is 31.7 Å². The SMILES string of the molecule is CN1CCN(C(=O)c2cncc(O)c2)C[C@@H]1c1nc(C2CC2)no1. The Kier molecular flexibility index (Phi) is 3.68. The van der Waals surface area contributed by atoms with Crippen LogP contribution < -0.4 is 0 Å². The maximum Gasteiger partial charge on any atom is 0.255 e. The summed E-state index contributed by atoms with van der Waals surface area (Å²) in [5, 5.41) is 13.6. The summed E-state index contributed by atoms with van der Waals surface area (Å²) in [7, 11) is 1.99. The number of amides is 1. The molecule has 24 heavy (non-hydrogen) atoms. The molecule has 1 aliphatic carbocycles. The molecule has 8 nitrogen and oxygen atoms in total. The van der Waals surface area contributed by atoms with Crippen molar-refractivity contribution in [1.82, 2.24) is 24.9 Å². The number of aromatic nitrogens is 3. The Balaban J connectivity index is 1.52. The Morgan fingerprint density at radius 2 is 2.17 bits per heavy atom. The molecule has 1 saturated heterocycles. The summed E-state index contributed by atoms with van der Waals surface area (Å²) in [6.45, 7) is 1.78. The number of carbonyl (C=O) groups is 1. The molecule has 1 saturated carbocycles. The van der Waals surface area contributed by atoms with Gasteiger partial charge in [0.1, 0.15) is 11.8 Å². The van der Waals surface area contributed by atoms with E-state index in [-0.39, 0.29) is 17.7 Å². The molecule has 1 N–H and O–H groups in total. The van der Waals surface area contributed by atoms with E-state index in [1.165, 1.54) is 18.5 Å². The zero-order chi connectivity index (χ0) is 16.7. The maximum absolute atomic E-state index is 12.6. The lowest BCUT2D eigenvalue weighted by atomic mass is 10.1. The van der Waals surface area contributed by atoms with Gasteiger partial charge in [0.25, 0.3) is 5.91 Å². The maximum atomic E-state index is 12.6. The van der Waals surface area contributed by atoms with Crippen LogP contribution in [0.5, 0.6) is 5.75 Å². The lowest BCUT2D eigenvalue weighted by Gasteiger charge is -2.37. The van der Waals surface area contributed by atoms with Crippen LogP contribution in [0.15, 0.2) is 23.0 Å². The third-order valence-corrected chi connectivity index (χ3v) is 4.59. The predicted octanol–water partition coefficient (Wildman–Crippen LogP) is 1.18. The van der Waals surface area contributed by atoms with Crippen LogP contribution in [0.1, 0.15) is 46.9 Å². The van der Waals surface area contributed by atoms with Crippen LogP contribution in [0, 0.1) is 0 Å². The fraction of sp³-hybridized carbons (Fsp3) is 0.500. The molecule has 0 radical (unpaired) electrons. The normalized spacial score (nSPS) is 21.9. The highest BCUT2D eigenvalue weighted by atomic mass is 16.5. The molecule has 0 unspecified atom stereocenters. The van der Waals surface area contributed by atoms with Gasteiger partial charge in [0.2, 0.25) is 5.89 Å². The summed E-state index contributed by atoms with van der Waals surface area (Å²) in [6.07, 6.45) is 5.01. The molecule has 2 fully saturated rings. The molecular weight excluding hydrogens is 310 g/mol. The van der Waals surface area contributed by atoms with Crippen LogP contribution in [0.4, 0.5) is 0 Å². The average Bonchev–Trinajstić information content (AvgIpc) is 3.32. The van der Waals surface area contributed by atoms with Crippen molar-refractivity contribution >= 4 is 5.91 Å². The van der Waals surface area contributed by atoms with Crippen molar-refractivity contribution in [3.8, 4) is 5.75 Å². The monoisotopic (exact) mass is 329 g/mol. The van der Waals surface area contributed by atoms with Crippen molar-refractivity contribution in [3.05, 3.63) is 35.7 Å². The summed E-state index contributed by atoms with van der Waals surface area (Å²) >= 11 is 0. The number of nitrogens with zero attached hydrogens (tertiary/aromatic N) is 5. The van der Waals surface area contributed by atoms with Crippen LogP contribution in [-0.4, -0.2) is 62.6 Å². The summed E-state index contributed by atoms with van der Waals surface area (Å²) in [5.74, 6) is 1.61. The van der Waals surface area contributed by atoms with E-state index in [9.17, 15) is 9.90 Å². The Bertz CT molecular complexity index is 758. The molecule has 2 aromatic heterocycles. The Morgan fingerprint density at radius 1 is 1.33 bits per heavy atom. The predicted molar refractivity (Wildman–Crippen MR) is 83.4 cm³/mol. The minimum absolute atomic E-state index is 0.0162. The van der Waals surface area contributed by atoms with Crippen LogP contribution in [0.2, 0.25) is 0 Å². The molecule has 0 aromatic carbocycles. The molecule has 8 heteroatoms. The Labute approximate surface area is 139 Å². The van der Waals surface area contributed by atoms with Crippen molar-refractivity contribution in [2.45, 2.75) is 24.8 Å². The van der Waals surface area contributed by atoms with Gasteiger partial charge in [-0.2, -0.15) is 4.98 Å². The standard InChI is InChI=1S/C16H19N5O3/c1-20-4-5-21(16(23)11-6-12(22)8-17-7-11)9-13(20)15-18-14(19-24-15)10-2-3-10/h6-8,10,13,22H,2-5,9H2,1H3/t13-/m1/s1. The highest BCUT2D eigenvalue weighted by Gasteiger charge is 2.35. The molecule has 4 rings (SSSR count). The molecule has 2 aliphatic rings. The van der Waals surface area contributed by atoms with Gasteiger partial charge in [-0.05, 0) is 26.0 Å². The number of aromatic hydroxyl groups is 1. The van der Waals surface area contributed by atoms with E-state index < -0.39 is 0 Å². The van der Waals surface area contributed by atoms with Gasteiger partial charge in [-0.15, -0.1) is 0 Å². The van der Waals surface area contributed by atoms with E-state index in [2.05, 4.69) is 20.0 Å². The fourth-order valence-corrected chi connectivity index (χ4v) is 2.94. The van der Waals surface area contributed by atoms with Gasteiger partial charge in [-0.25, -0.2) is 0 Å². The minimum atomic E-state index is -0.154. The Morgan fingerprint density at radius 3 is 2.92 bits per heavy atom. The number of rotatable bonds is 3. The summed E-state index contributed by atoms with van der Waals surface area (Å²) in [6, 6.07) is 1.31. The van der Waals surface area contributed by atoms with Crippen LogP contribution in [0.25, 0.3) is 0 Å². The van der Waals surface area contributed by atoms with E-state index in [0.29, 0.717) is 37.0 Å². The Hall–Kier alpha value is -2.48. The largest absolute Gasteiger partial charge is 0.506 e. The fourth-order valence-electron chi connectivity index (χ4n) is 2.94. The summed E-state index contributed by atoms with van der Waals surface area (Å²) < 4.78 is 5.44. The second-order valence-corrected chi connectivity index (χ2v) is 6.44. The van der Waals surface area contributed by atoms with Gasteiger partial charge >= 0.3 is 0 Å². The topological polar surface area (TPSA) is 95.6 Å². The van der Waals surface area contributed by atoms with E-state index >= 15 is 0 Å². The third-order valence-electron chi connectivity index (χ3n) is 4.59. The first-order valence-electron chi connectivity index (χ1n) is 8.09. The molecule has 1 aliphatic heterocycles. The molecule has 3 heterocycles. The number of likely N-dealkylation sites (N-methyl/N-ethyl adjacent to an activating group) is 1. The second kappa shape index (κ2) is 5.86.